The minimum atomic E-state index is -0.687. The summed E-state index contributed by atoms with van der Waals surface area (Å²) < 4.78 is 0. The molecule has 4 heteroatoms. The van der Waals surface area contributed by atoms with E-state index in [4.69, 9.17) is 0 Å². The number of likely N-dealkylation sites (tertiary alicyclic amines) is 1. The van der Waals surface area contributed by atoms with Gasteiger partial charge in [0.05, 0.1) is 0 Å². The number of carboxylic acid groups (broad SMARTS) is 1. The van der Waals surface area contributed by atoms with Gasteiger partial charge in [-0.3, -0.25) is 4.79 Å². The molecule has 1 fully saturated rings. The van der Waals surface area contributed by atoms with E-state index in [9.17, 15) is 9.90 Å². The highest BCUT2D eigenvalue weighted by molar-refractivity contribution is 5.78. The van der Waals surface area contributed by atoms with Gasteiger partial charge in [0.2, 0.25) is 0 Å². The van der Waals surface area contributed by atoms with Gasteiger partial charge in [-0.1, -0.05) is 13.8 Å². The van der Waals surface area contributed by atoms with Gasteiger partial charge < -0.3 is 15.3 Å². The van der Waals surface area contributed by atoms with Crippen LogP contribution in [-0.2, 0) is 4.79 Å². The van der Waals surface area contributed by atoms with Crippen molar-refractivity contribution in [1.82, 2.24) is 10.2 Å². The fourth-order valence-electron chi connectivity index (χ4n) is 2.53. The standard InChI is InChI=1S/C12H24N2O2/c1-3-8-14-9-5-6-12(7-10-14,11(15)16)13-4-2/h13H,3-10H2,1-2H3,(H,15,16). The molecular formula is C12H24N2O2. The highest BCUT2D eigenvalue weighted by Gasteiger charge is 2.38. The summed E-state index contributed by atoms with van der Waals surface area (Å²) in [5.41, 5.74) is -0.683. The smallest absolute Gasteiger partial charge is 0.323 e. The molecule has 1 aliphatic heterocycles. The first-order valence-corrected chi connectivity index (χ1v) is 6.35. The van der Waals surface area contributed by atoms with E-state index in [1.165, 1.54) is 0 Å². The van der Waals surface area contributed by atoms with Crippen LogP contribution < -0.4 is 5.32 Å². The summed E-state index contributed by atoms with van der Waals surface area (Å²) in [4.78, 5) is 13.8. The molecule has 4 nitrogen and oxygen atoms in total. The minimum Gasteiger partial charge on any atom is -0.480 e. The van der Waals surface area contributed by atoms with Crippen molar-refractivity contribution in [3.05, 3.63) is 0 Å². The Hall–Kier alpha value is -0.610. The molecule has 1 aliphatic rings. The lowest BCUT2D eigenvalue weighted by atomic mass is 9.90. The average Bonchev–Trinajstić information content (AvgIpc) is 2.44. The first-order chi connectivity index (χ1) is 7.64. The molecule has 0 amide bonds. The molecule has 0 bridgehead atoms. The first-order valence-electron chi connectivity index (χ1n) is 6.35. The fourth-order valence-corrected chi connectivity index (χ4v) is 2.53. The SMILES string of the molecule is CCCN1CCCC(NCC)(C(=O)O)CC1. The van der Waals surface area contributed by atoms with Crippen LogP contribution in [0.5, 0.6) is 0 Å². The Balaban J connectivity index is 2.63. The van der Waals surface area contributed by atoms with Crippen LogP contribution in [-0.4, -0.2) is 47.7 Å². The second kappa shape index (κ2) is 6.21. The summed E-state index contributed by atoms with van der Waals surface area (Å²) in [6.07, 6.45) is 3.58. The van der Waals surface area contributed by atoms with Crippen molar-refractivity contribution in [2.24, 2.45) is 0 Å². The monoisotopic (exact) mass is 228 g/mol. The van der Waals surface area contributed by atoms with E-state index in [0.717, 1.165) is 51.9 Å². The molecule has 16 heavy (non-hydrogen) atoms. The summed E-state index contributed by atoms with van der Waals surface area (Å²) >= 11 is 0. The number of hydrogen-bond acceptors (Lipinski definition) is 3. The second-order valence-corrected chi connectivity index (χ2v) is 4.61. The number of carbonyl (C=O) groups is 1. The molecule has 1 atom stereocenters. The van der Waals surface area contributed by atoms with Crippen LogP contribution in [0.1, 0.15) is 39.5 Å². The normalized spacial score (nSPS) is 27.6. The molecule has 1 unspecified atom stereocenters. The molecule has 1 rings (SSSR count). The molecule has 0 saturated carbocycles. The highest BCUT2D eigenvalue weighted by atomic mass is 16.4. The summed E-state index contributed by atoms with van der Waals surface area (Å²) in [5, 5.41) is 12.6. The third kappa shape index (κ3) is 3.19. The lowest BCUT2D eigenvalue weighted by Crippen LogP contribution is -2.52. The first kappa shape index (κ1) is 13.5. The van der Waals surface area contributed by atoms with Crippen molar-refractivity contribution in [2.75, 3.05) is 26.2 Å². The van der Waals surface area contributed by atoms with E-state index in [1.807, 2.05) is 6.92 Å². The maximum Gasteiger partial charge on any atom is 0.323 e. The maximum absolute atomic E-state index is 11.4. The van der Waals surface area contributed by atoms with Crippen molar-refractivity contribution in [2.45, 2.75) is 45.1 Å². The van der Waals surface area contributed by atoms with Crippen LogP contribution in [0, 0.1) is 0 Å². The number of nitrogens with one attached hydrogen (secondary N) is 1. The number of carboxylic acids is 1. The van der Waals surface area contributed by atoms with Crippen LogP contribution in [0.3, 0.4) is 0 Å². The number of rotatable bonds is 5. The summed E-state index contributed by atoms with van der Waals surface area (Å²) in [5.74, 6) is -0.687. The lowest BCUT2D eigenvalue weighted by Gasteiger charge is -2.29. The zero-order valence-corrected chi connectivity index (χ0v) is 10.5. The molecule has 0 aliphatic carbocycles. The van der Waals surface area contributed by atoms with Gasteiger partial charge in [-0.15, -0.1) is 0 Å². The topological polar surface area (TPSA) is 52.6 Å². The average molecular weight is 228 g/mol. The molecule has 0 aromatic rings. The van der Waals surface area contributed by atoms with E-state index in [-0.39, 0.29) is 0 Å². The molecule has 94 valence electrons. The van der Waals surface area contributed by atoms with E-state index < -0.39 is 11.5 Å². The van der Waals surface area contributed by atoms with Crippen LogP contribution in [0.25, 0.3) is 0 Å². The summed E-state index contributed by atoms with van der Waals surface area (Å²) in [6, 6.07) is 0. The predicted octanol–water partition coefficient (Wildman–Crippen LogP) is 1.32. The summed E-state index contributed by atoms with van der Waals surface area (Å²) in [6.45, 7) is 7.88. The van der Waals surface area contributed by atoms with Gasteiger partial charge in [0, 0.05) is 6.54 Å². The van der Waals surface area contributed by atoms with Crippen molar-refractivity contribution in [3.8, 4) is 0 Å². The molecule has 1 heterocycles. The number of nitrogens with zero attached hydrogens (tertiary/aromatic N) is 1. The van der Waals surface area contributed by atoms with Crippen LogP contribution in [0.2, 0.25) is 0 Å². The molecule has 0 aromatic carbocycles. The number of aliphatic carboxylic acids is 1. The second-order valence-electron chi connectivity index (χ2n) is 4.61. The van der Waals surface area contributed by atoms with Crippen molar-refractivity contribution in [1.29, 1.82) is 0 Å². The zero-order valence-electron chi connectivity index (χ0n) is 10.5. The largest absolute Gasteiger partial charge is 0.480 e. The van der Waals surface area contributed by atoms with Crippen LogP contribution in [0.4, 0.5) is 0 Å². The van der Waals surface area contributed by atoms with Gasteiger partial charge in [-0.2, -0.15) is 0 Å². The molecule has 0 radical (unpaired) electrons. The van der Waals surface area contributed by atoms with Gasteiger partial charge in [0.25, 0.3) is 0 Å². The van der Waals surface area contributed by atoms with E-state index >= 15 is 0 Å². The number of likely N-dealkylation sites (N-methyl/N-ethyl adjacent to an activating group) is 1. The summed E-state index contributed by atoms with van der Waals surface area (Å²) in [7, 11) is 0. The molecule has 0 aromatic heterocycles. The third-order valence-electron chi connectivity index (χ3n) is 3.40. The van der Waals surface area contributed by atoms with Gasteiger partial charge in [-0.05, 0) is 45.3 Å². The molecule has 2 N–H and O–H groups in total. The maximum atomic E-state index is 11.4. The van der Waals surface area contributed by atoms with E-state index in [2.05, 4.69) is 17.1 Å². The Bertz CT molecular complexity index is 233. The Morgan fingerprint density at radius 2 is 2.12 bits per heavy atom. The lowest BCUT2D eigenvalue weighted by molar-refractivity contribution is -0.145. The van der Waals surface area contributed by atoms with Gasteiger partial charge in [0.15, 0.2) is 0 Å². The Morgan fingerprint density at radius 3 is 2.69 bits per heavy atom. The molecule has 1 saturated heterocycles. The zero-order chi connectivity index (χ0) is 12.0. The van der Waals surface area contributed by atoms with Gasteiger partial charge >= 0.3 is 5.97 Å². The quantitative estimate of drug-likeness (QED) is 0.745. The Morgan fingerprint density at radius 1 is 1.38 bits per heavy atom. The van der Waals surface area contributed by atoms with Crippen molar-refractivity contribution < 1.29 is 9.90 Å². The number of hydrogen-bond donors (Lipinski definition) is 2. The van der Waals surface area contributed by atoms with Crippen LogP contribution in [0.15, 0.2) is 0 Å². The highest BCUT2D eigenvalue weighted by Crippen LogP contribution is 2.23. The van der Waals surface area contributed by atoms with Crippen molar-refractivity contribution >= 4 is 5.97 Å². The van der Waals surface area contributed by atoms with Crippen LogP contribution >= 0.6 is 0 Å². The Kier molecular flexibility index (Phi) is 5.22. The van der Waals surface area contributed by atoms with Gasteiger partial charge in [-0.25, -0.2) is 0 Å². The van der Waals surface area contributed by atoms with E-state index in [0.29, 0.717) is 0 Å². The predicted molar refractivity (Wildman–Crippen MR) is 64.6 cm³/mol. The fraction of sp³-hybridized carbons (Fsp3) is 0.917. The van der Waals surface area contributed by atoms with Gasteiger partial charge in [0.1, 0.15) is 5.54 Å². The van der Waals surface area contributed by atoms with E-state index in [1.54, 1.807) is 0 Å². The molecular weight excluding hydrogens is 204 g/mol. The molecule has 0 spiro atoms. The third-order valence-corrected chi connectivity index (χ3v) is 3.40. The Labute approximate surface area is 98.0 Å². The van der Waals surface area contributed by atoms with Crippen molar-refractivity contribution in [3.63, 3.8) is 0 Å². The minimum absolute atomic E-state index is 0.683.